The Morgan fingerprint density at radius 2 is 2.21 bits per heavy atom. The molecule has 0 atom stereocenters. The number of halogens is 2. The third-order valence-electron chi connectivity index (χ3n) is 1.56. The zero-order valence-corrected chi connectivity index (χ0v) is 8.31. The summed E-state index contributed by atoms with van der Waals surface area (Å²) in [7, 11) is 0. The summed E-state index contributed by atoms with van der Waals surface area (Å²) in [5, 5.41) is 2.55. The average molecular weight is 219 g/mol. The van der Waals surface area contributed by atoms with E-state index >= 15 is 0 Å². The summed E-state index contributed by atoms with van der Waals surface area (Å²) in [6.45, 7) is 0.267. The Kier molecular flexibility index (Phi) is 5.83. The molecule has 0 heterocycles. The van der Waals surface area contributed by atoms with Gasteiger partial charge in [0.05, 0.1) is 6.54 Å². The van der Waals surface area contributed by atoms with E-state index in [-0.39, 0.29) is 30.7 Å². The van der Waals surface area contributed by atoms with Gasteiger partial charge in [-0.25, -0.2) is 4.39 Å². The molecule has 3 N–H and O–H groups in total. The lowest BCUT2D eigenvalue weighted by Crippen LogP contribution is -2.29. The van der Waals surface area contributed by atoms with Gasteiger partial charge in [-0.05, 0) is 17.7 Å². The molecule has 78 valence electrons. The van der Waals surface area contributed by atoms with Crippen molar-refractivity contribution in [2.24, 2.45) is 5.73 Å². The van der Waals surface area contributed by atoms with Crippen LogP contribution in [0, 0.1) is 5.82 Å². The van der Waals surface area contributed by atoms with Crippen molar-refractivity contribution in [2.75, 3.05) is 6.54 Å². The molecule has 0 aliphatic rings. The number of rotatable bonds is 3. The highest BCUT2D eigenvalue weighted by Gasteiger charge is 1.98. The third kappa shape index (κ3) is 4.20. The molecule has 14 heavy (non-hydrogen) atoms. The van der Waals surface area contributed by atoms with Gasteiger partial charge in [0.15, 0.2) is 0 Å². The second kappa shape index (κ2) is 6.34. The lowest BCUT2D eigenvalue weighted by atomic mass is 10.2. The van der Waals surface area contributed by atoms with Crippen molar-refractivity contribution in [2.45, 2.75) is 6.54 Å². The summed E-state index contributed by atoms with van der Waals surface area (Å²) >= 11 is 0. The molecule has 1 amide bonds. The van der Waals surface area contributed by atoms with Crippen LogP contribution in [0.4, 0.5) is 4.39 Å². The monoisotopic (exact) mass is 218 g/mol. The minimum atomic E-state index is -0.306. The van der Waals surface area contributed by atoms with Gasteiger partial charge in [-0.3, -0.25) is 4.79 Å². The molecular formula is C9H12ClFN2O. The maximum absolute atomic E-state index is 12.6. The van der Waals surface area contributed by atoms with E-state index in [0.29, 0.717) is 6.54 Å². The van der Waals surface area contributed by atoms with Crippen molar-refractivity contribution in [3.8, 4) is 0 Å². The summed E-state index contributed by atoms with van der Waals surface area (Å²) in [5.41, 5.74) is 5.80. The summed E-state index contributed by atoms with van der Waals surface area (Å²) in [6, 6.07) is 6.06. The van der Waals surface area contributed by atoms with E-state index in [1.807, 2.05) is 0 Å². The number of carbonyl (C=O) groups is 1. The fourth-order valence-electron chi connectivity index (χ4n) is 0.920. The number of nitrogens with one attached hydrogen (secondary N) is 1. The molecule has 5 heteroatoms. The predicted molar refractivity (Wildman–Crippen MR) is 54.5 cm³/mol. The van der Waals surface area contributed by atoms with Crippen LogP contribution >= 0.6 is 12.4 Å². The number of carbonyl (C=O) groups excluding carboxylic acids is 1. The molecule has 1 aromatic carbocycles. The first-order chi connectivity index (χ1) is 6.22. The molecular weight excluding hydrogens is 207 g/mol. The van der Waals surface area contributed by atoms with Crippen LogP contribution in [-0.2, 0) is 11.3 Å². The van der Waals surface area contributed by atoms with E-state index in [1.54, 1.807) is 12.1 Å². The number of amides is 1. The molecule has 0 aliphatic heterocycles. The van der Waals surface area contributed by atoms with Gasteiger partial charge in [0.2, 0.25) is 5.91 Å². The first-order valence-corrected chi connectivity index (χ1v) is 3.93. The van der Waals surface area contributed by atoms with Crippen molar-refractivity contribution in [3.05, 3.63) is 35.6 Å². The number of benzene rings is 1. The largest absolute Gasteiger partial charge is 0.351 e. The summed E-state index contributed by atoms with van der Waals surface area (Å²) < 4.78 is 12.6. The zero-order chi connectivity index (χ0) is 9.68. The molecule has 0 aliphatic carbocycles. The lowest BCUT2D eigenvalue weighted by Gasteiger charge is -2.02. The van der Waals surface area contributed by atoms with Gasteiger partial charge in [0.1, 0.15) is 5.82 Å². The maximum Gasteiger partial charge on any atom is 0.234 e. The molecule has 3 nitrogen and oxygen atoms in total. The predicted octanol–water partition coefficient (Wildman–Crippen LogP) is 0.822. The van der Waals surface area contributed by atoms with E-state index in [1.165, 1.54) is 12.1 Å². The summed E-state index contributed by atoms with van der Waals surface area (Å²) in [5.74, 6) is -0.552. The fourth-order valence-corrected chi connectivity index (χ4v) is 0.920. The molecule has 0 bridgehead atoms. The SMILES string of the molecule is Cl.NCC(=O)NCc1cccc(F)c1. The van der Waals surface area contributed by atoms with Crippen molar-refractivity contribution >= 4 is 18.3 Å². The summed E-state index contributed by atoms with van der Waals surface area (Å²) in [6.07, 6.45) is 0. The number of nitrogens with two attached hydrogens (primary N) is 1. The smallest absolute Gasteiger partial charge is 0.234 e. The highest BCUT2D eigenvalue weighted by Crippen LogP contribution is 2.02. The van der Waals surface area contributed by atoms with E-state index in [4.69, 9.17) is 5.73 Å². The molecule has 0 fully saturated rings. The zero-order valence-electron chi connectivity index (χ0n) is 7.50. The van der Waals surface area contributed by atoms with Crippen LogP contribution in [0.3, 0.4) is 0 Å². The Bertz CT molecular complexity index is 307. The Labute approximate surface area is 87.9 Å². The Balaban J connectivity index is 0.00000169. The van der Waals surface area contributed by atoms with Gasteiger partial charge >= 0.3 is 0 Å². The van der Waals surface area contributed by atoms with Crippen LogP contribution in [0.1, 0.15) is 5.56 Å². The molecule has 0 saturated heterocycles. The molecule has 0 aromatic heterocycles. The highest BCUT2D eigenvalue weighted by molar-refractivity contribution is 5.85. The van der Waals surface area contributed by atoms with Gasteiger partial charge in [-0.1, -0.05) is 12.1 Å². The van der Waals surface area contributed by atoms with Crippen molar-refractivity contribution < 1.29 is 9.18 Å². The van der Waals surface area contributed by atoms with Crippen LogP contribution < -0.4 is 11.1 Å². The highest BCUT2D eigenvalue weighted by atomic mass is 35.5. The second-order valence-corrected chi connectivity index (χ2v) is 2.61. The Morgan fingerprint density at radius 3 is 2.79 bits per heavy atom. The van der Waals surface area contributed by atoms with E-state index in [9.17, 15) is 9.18 Å². The summed E-state index contributed by atoms with van der Waals surface area (Å²) in [4.78, 5) is 10.7. The molecule has 0 saturated carbocycles. The normalized spacial score (nSPS) is 9.00. The number of hydrogen-bond donors (Lipinski definition) is 2. The van der Waals surface area contributed by atoms with Crippen molar-refractivity contribution in [3.63, 3.8) is 0 Å². The molecule has 0 radical (unpaired) electrons. The van der Waals surface area contributed by atoms with Gasteiger partial charge in [0.25, 0.3) is 0 Å². The quantitative estimate of drug-likeness (QED) is 0.790. The first kappa shape index (κ1) is 12.9. The molecule has 0 spiro atoms. The average Bonchev–Trinajstić information content (AvgIpc) is 2.14. The van der Waals surface area contributed by atoms with Crippen LogP contribution in [-0.4, -0.2) is 12.5 Å². The van der Waals surface area contributed by atoms with Crippen molar-refractivity contribution in [1.82, 2.24) is 5.32 Å². The van der Waals surface area contributed by atoms with E-state index in [0.717, 1.165) is 5.56 Å². The Hall–Kier alpha value is -1.13. The molecule has 0 unspecified atom stereocenters. The minimum absolute atomic E-state index is 0. The van der Waals surface area contributed by atoms with E-state index < -0.39 is 0 Å². The minimum Gasteiger partial charge on any atom is -0.351 e. The number of hydrogen-bond acceptors (Lipinski definition) is 2. The second-order valence-electron chi connectivity index (χ2n) is 2.61. The fraction of sp³-hybridized carbons (Fsp3) is 0.222. The van der Waals surface area contributed by atoms with Crippen LogP contribution in [0.2, 0.25) is 0 Å². The molecule has 1 aromatic rings. The third-order valence-corrected chi connectivity index (χ3v) is 1.56. The van der Waals surface area contributed by atoms with Gasteiger partial charge < -0.3 is 11.1 Å². The topological polar surface area (TPSA) is 55.1 Å². The Morgan fingerprint density at radius 1 is 1.50 bits per heavy atom. The van der Waals surface area contributed by atoms with Crippen LogP contribution in [0.25, 0.3) is 0 Å². The van der Waals surface area contributed by atoms with E-state index in [2.05, 4.69) is 5.32 Å². The van der Waals surface area contributed by atoms with Crippen molar-refractivity contribution in [1.29, 1.82) is 0 Å². The van der Waals surface area contributed by atoms with Gasteiger partial charge in [-0.2, -0.15) is 0 Å². The van der Waals surface area contributed by atoms with Crippen LogP contribution in [0.5, 0.6) is 0 Å². The standard InChI is InChI=1S/C9H11FN2O.ClH/c10-8-3-1-2-7(4-8)6-12-9(13)5-11;/h1-4H,5-6,11H2,(H,12,13);1H. The molecule has 1 rings (SSSR count). The van der Waals surface area contributed by atoms with Gasteiger partial charge in [0, 0.05) is 6.54 Å². The first-order valence-electron chi connectivity index (χ1n) is 3.93. The maximum atomic E-state index is 12.6. The van der Waals surface area contributed by atoms with Gasteiger partial charge in [-0.15, -0.1) is 12.4 Å². The van der Waals surface area contributed by atoms with Crippen LogP contribution in [0.15, 0.2) is 24.3 Å². The lowest BCUT2D eigenvalue weighted by molar-refractivity contribution is -0.119.